The minimum absolute atomic E-state index is 0. The van der Waals surface area contributed by atoms with Gasteiger partial charge < -0.3 is 30.1 Å². The van der Waals surface area contributed by atoms with Gasteiger partial charge in [-0.1, -0.05) is 0 Å². The third-order valence-electron chi connectivity index (χ3n) is 3.61. The van der Waals surface area contributed by atoms with Gasteiger partial charge in [-0.05, 0) is 12.2 Å². The molecule has 0 amide bonds. The maximum atomic E-state index is 14.3. The van der Waals surface area contributed by atoms with Crippen molar-refractivity contribution in [2.75, 3.05) is 32.4 Å². The Hall–Kier alpha value is -2.43. The number of nitrogen functional groups attached to an aromatic ring is 1. The van der Waals surface area contributed by atoms with E-state index in [4.69, 9.17) is 24.8 Å². The molecule has 1 aliphatic rings. The first-order valence-electron chi connectivity index (χ1n) is 7.77. The molecular weight excluding hydrogens is 397 g/mol. The molecule has 1 aliphatic heterocycles. The Morgan fingerprint density at radius 3 is 2.32 bits per heavy atom. The Bertz CT molecular complexity index is 898. The van der Waals surface area contributed by atoms with Crippen molar-refractivity contribution in [2.24, 2.45) is 0 Å². The number of nitrogens with zero attached hydrogens (tertiary/aromatic N) is 2. The van der Waals surface area contributed by atoms with Crippen LogP contribution < -0.4 is 30.7 Å². The number of ether oxygens (including phenoxy) is 3. The summed E-state index contributed by atoms with van der Waals surface area (Å²) in [4.78, 5) is 13.2. The molecule has 2 heterocycles. The summed E-state index contributed by atoms with van der Waals surface area (Å²) >= 11 is 0. The molecule has 0 bridgehead atoms. The average Bonchev–Trinajstić information content (AvgIpc) is 2.70. The fourth-order valence-corrected chi connectivity index (χ4v) is 2.40. The zero-order valence-corrected chi connectivity index (χ0v) is 17.8. The summed E-state index contributed by atoms with van der Waals surface area (Å²) in [7, 11) is 4.50. The van der Waals surface area contributed by atoms with Crippen LogP contribution in [0.5, 0.6) is 17.2 Å². The quantitative estimate of drug-likeness (QED) is 0.610. The molecule has 28 heavy (non-hydrogen) atoms. The third kappa shape index (κ3) is 4.51. The van der Waals surface area contributed by atoms with Gasteiger partial charge in [0.2, 0.25) is 11.7 Å². The molecule has 0 saturated heterocycles. The number of aromatic nitrogens is 2. The maximum absolute atomic E-state index is 14.3. The first-order chi connectivity index (χ1) is 13.1. The predicted molar refractivity (Wildman–Crippen MR) is 103 cm³/mol. The molecule has 2 aromatic rings. The smallest absolute Gasteiger partial charge is 0.230 e. The molecule has 9 nitrogen and oxygen atoms in total. The molecule has 144 valence electrons. The molecule has 4 N–H and O–H groups in total. The van der Waals surface area contributed by atoms with Crippen molar-refractivity contribution >= 4 is 61.0 Å². The summed E-state index contributed by atoms with van der Waals surface area (Å²) in [5, 5.41) is 2.95. The standard InChI is InChI=1S/C17H18FN5O4.Ca/c1-24-11-7-9(8-12(25-2)15(11)26-3)21-17-22-14(13(18)16(19)23-17)10-5-4-6-20-27-10;/h4-8,20H,1-3H3,(H3,19,21,22,23);. The summed E-state index contributed by atoms with van der Waals surface area (Å²) in [5.41, 5.74) is 8.63. The topological polar surface area (TPSA) is 113 Å². The molecule has 3 rings (SSSR count). The van der Waals surface area contributed by atoms with Crippen LogP contribution in [-0.4, -0.2) is 69.0 Å². The number of rotatable bonds is 6. The minimum Gasteiger partial charge on any atom is -0.493 e. The van der Waals surface area contributed by atoms with Crippen LogP contribution in [0.2, 0.25) is 0 Å². The Morgan fingerprint density at radius 1 is 1.11 bits per heavy atom. The molecule has 1 aromatic heterocycles. The van der Waals surface area contributed by atoms with Crippen molar-refractivity contribution in [3.05, 3.63) is 42.0 Å². The first kappa shape index (κ1) is 21.9. The van der Waals surface area contributed by atoms with Crippen molar-refractivity contribution in [1.29, 1.82) is 0 Å². The number of allylic oxidation sites excluding steroid dienone is 2. The fraction of sp³-hybridized carbons (Fsp3) is 0.176. The number of hydroxylamine groups is 1. The molecule has 0 saturated carbocycles. The molecule has 0 aliphatic carbocycles. The first-order valence-corrected chi connectivity index (χ1v) is 7.77. The minimum atomic E-state index is -0.784. The predicted octanol–water partition coefficient (Wildman–Crippen LogP) is 1.98. The molecule has 0 spiro atoms. The number of methoxy groups -OCH3 is 3. The van der Waals surface area contributed by atoms with Crippen LogP contribution in [-0.2, 0) is 4.84 Å². The maximum Gasteiger partial charge on any atom is 0.230 e. The molecule has 0 unspecified atom stereocenters. The number of nitrogens with one attached hydrogen (secondary N) is 2. The van der Waals surface area contributed by atoms with Gasteiger partial charge in [-0.3, -0.25) is 0 Å². The summed E-state index contributed by atoms with van der Waals surface area (Å²) < 4.78 is 30.2. The third-order valence-corrected chi connectivity index (χ3v) is 3.61. The van der Waals surface area contributed by atoms with Crippen LogP contribution in [0, 0.1) is 5.82 Å². The number of anilines is 3. The molecule has 0 atom stereocenters. The zero-order valence-electron chi connectivity index (χ0n) is 15.6. The summed E-state index contributed by atoms with van der Waals surface area (Å²) in [6, 6.07) is 3.31. The van der Waals surface area contributed by atoms with Gasteiger partial charge in [0.05, 0.1) is 21.3 Å². The van der Waals surface area contributed by atoms with Crippen LogP contribution in [0.15, 0.2) is 30.5 Å². The van der Waals surface area contributed by atoms with Crippen molar-refractivity contribution in [3.63, 3.8) is 0 Å². The van der Waals surface area contributed by atoms with Gasteiger partial charge >= 0.3 is 0 Å². The van der Waals surface area contributed by atoms with E-state index in [1.165, 1.54) is 21.3 Å². The fourth-order valence-electron chi connectivity index (χ4n) is 2.40. The van der Waals surface area contributed by atoms with E-state index in [9.17, 15) is 4.39 Å². The normalized spacial score (nSPS) is 12.1. The van der Waals surface area contributed by atoms with E-state index in [0.717, 1.165) is 0 Å². The second-order valence-electron chi connectivity index (χ2n) is 5.24. The largest absolute Gasteiger partial charge is 0.493 e. The van der Waals surface area contributed by atoms with Gasteiger partial charge in [0.15, 0.2) is 34.6 Å². The van der Waals surface area contributed by atoms with Crippen LogP contribution >= 0.6 is 0 Å². The van der Waals surface area contributed by atoms with E-state index in [1.807, 2.05) is 0 Å². The van der Waals surface area contributed by atoms with E-state index in [2.05, 4.69) is 20.8 Å². The van der Waals surface area contributed by atoms with Crippen LogP contribution in [0.25, 0.3) is 5.76 Å². The van der Waals surface area contributed by atoms with E-state index < -0.39 is 5.82 Å². The van der Waals surface area contributed by atoms with Gasteiger partial charge in [0.25, 0.3) is 0 Å². The molecule has 1 aromatic carbocycles. The Balaban J connectivity index is 0.00000280. The number of halogens is 1. The van der Waals surface area contributed by atoms with Gasteiger partial charge in [0, 0.05) is 61.8 Å². The number of hydrogen-bond donors (Lipinski definition) is 3. The number of benzene rings is 1. The van der Waals surface area contributed by atoms with Crippen LogP contribution in [0.3, 0.4) is 0 Å². The molecule has 0 fully saturated rings. The van der Waals surface area contributed by atoms with Crippen molar-refractivity contribution in [2.45, 2.75) is 0 Å². The zero-order chi connectivity index (χ0) is 19.4. The molecular formula is C17H18CaFN5O4. The van der Waals surface area contributed by atoms with Gasteiger partial charge in [-0.15, -0.1) is 0 Å². The summed E-state index contributed by atoms with van der Waals surface area (Å²) in [6.45, 7) is 0. The Morgan fingerprint density at radius 2 is 1.79 bits per heavy atom. The number of hydrogen-bond acceptors (Lipinski definition) is 9. The van der Waals surface area contributed by atoms with E-state index in [1.54, 1.807) is 30.5 Å². The summed E-state index contributed by atoms with van der Waals surface area (Å²) in [5.74, 6) is 0.422. The monoisotopic (exact) mass is 415 g/mol. The summed E-state index contributed by atoms with van der Waals surface area (Å²) in [6.07, 6.45) is 4.73. The van der Waals surface area contributed by atoms with Crippen LogP contribution in [0.4, 0.5) is 21.8 Å². The molecule has 2 radical (unpaired) electrons. The molecule has 11 heteroatoms. The van der Waals surface area contributed by atoms with Crippen molar-refractivity contribution < 1.29 is 23.4 Å². The van der Waals surface area contributed by atoms with E-state index in [-0.39, 0.29) is 61.0 Å². The van der Waals surface area contributed by atoms with Crippen molar-refractivity contribution in [1.82, 2.24) is 15.4 Å². The van der Waals surface area contributed by atoms with Crippen LogP contribution in [0.1, 0.15) is 5.69 Å². The Labute approximate surface area is 190 Å². The average molecular weight is 415 g/mol. The van der Waals surface area contributed by atoms with Gasteiger partial charge in [0.1, 0.15) is 0 Å². The van der Waals surface area contributed by atoms with E-state index >= 15 is 0 Å². The number of nitrogens with two attached hydrogens (primary N) is 1. The van der Waals surface area contributed by atoms with Crippen molar-refractivity contribution in [3.8, 4) is 17.2 Å². The second kappa shape index (κ2) is 9.67. The van der Waals surface area contributed by atoms with Gasteiger partial charge in [-0.2, -0.15) is 4.98 Å². The Kier molecular flexibility index (Phi) is 7.55. The second-order valence-corrected chi connectivity index (χ2v) is 5.24. The SMILES string of the molecule is COc1cc(Nc2nc(N)c(F)c(C3=CC=CNO3)n2)cc(OC)c1OC.[Ca]. The van der Waals surface area contributed by atoms with E-state index in [0.29, 0.717) is 22.9 Å². The van der Waals surface area contributed by atoms with Gasteiger partial charge in [-0.25, -0.2) is 14.9 Å².